The minimum Gasteiger partial charge on any atom is -0.271 e. The van der Waals surface area contributed by atoms with Gasteiger partial charge in [-0.3, -0.25) is 11.3 Å². The van der Waals surface area contributed by atoms with E-state index >= 15 is 0 Å². The van der Waals surface area contributed by atoms with Gasteiger partial charge in [-0.15, -0.1) is 0 Å². The van der Waals surface area contributed by atoms with Crippen LogP contribution in [0, 0.1) is 11.7 Å². The summed E-state index contributed by atoms with van der Waals surface area (Å²) in [5.41, 5.74) is 3.76. The molecule has 1 aromatic rings. The van der Waals surface area contributed by atoms with E-state index in [1.165, 1.54) is 25.0 Å². The maximum Gasteiger partial charge on any atom is 0.124 e. The van der Waals surface area contributed by atoms with Gasteiger partial charge in [0.15, 0.2) is 0 Å². The van der Waals surface area contributed by atoms with E-state index in [9.17, 15) is 4.39 Å². The molecular formula is C12H16ClFN2. The highest BCUT2D eigenvalue weighted by atomic mass is 35.5. The molecule has 1 aliphatic rings. The molecule has 0 saturated heterocycles. The first-order valence-corrected chi connectivity index (χ1v) is 5.97. The highest BCUT2D eigenvalue weighted by Crippen LogP contribution is 2.34. The largest absolute Gasteiger partial charge is 0.271 e. The fourth-order valence-corrected chi connectivity index (χ4v) is 2.16. The number of hydrogen-bond donors (Lipinski definition) is 2. The molecule has 0 heterocycles. The number of hydrazine groups is 1. The van der Waals surface area contributed by atoms with Crippen molar-refractivity contribution in [2.45, 2.75) is 31.7 Å². The van der Waals surface area contributed by atoms with Crippen LogP contribution in [0.5, 0.6) is 0 Å². The summed E-state index contributed by atoms with van der Waals surface area (Å²) < 4.78 is 12.9. The van der Waals surface area contributed by atoms with Gasteiger partial charge >= 0.3 is 0 Å². The number of nitrogens with two attached hydrogens (primary N) is 1. The molecule has 1 aliphatic carbocycles. The first-order valence-electron chi connectivity index (χ1n) is 5.59. The van der Waals surface area contributed by atoms with E-state index < -0.39 is 0 Å². The molecule has 0 radical (unpaired) electrons. The average molecular weight is 243 g/mol. The maximum atomic E-state index is 12.9. The Hall–Kier alpha value is -0.640. The monoisotopic (exact) mass is 242 g/mol. The van der Waals surface area contributed by atoms with Crippen LogP contribution in [-0.4, -0.2) is 6.04 Å². The van der Waals surface area contributed by atoms with Crippen LogP contribution in [0.3, 0.4) is 0 Å². The van der Waals surface area contributed by atoms with Crippen LogP contribution < -0.4 is 11.3 Å². The Morgan fingerprint density at radius 3 is 2.81 bits per heavy atom. The third kappa shape index (κ3) is 3.17. The summed E-state index contributed by atoms with van der Waals surface area (Å²) in [5.74, 6) is 6.02. The third-order valence-electron chi connectivity index (χ3n) is 3.03. The predicted molar refractivity (Wildman–Crippen MR) is 63.6 cm³/mol. The van der Waals surface area contributed by atoms with Crippen LogP contribution in [0.2, 0.25) is 5.02 Å². The Morgan fingerprint density at radius 2 is 2.25 bits per heavy atom. The van der Waals surface area contributed by atoms with Crippen molar-refractivity contribution in [1.29, 1.82) is 0 Å². The molecule has 16 heavy (non-hydrogen) atoms. The SMILES string of the molecule is NNC(Cc1ccc(F)cc1Cl)CC1CC1. The van der Waals surface area contributed by atoms with Gasteiger partial charge in [-0.1, -0.05) is 30.5 Å². The molecule has 0 aromatic heterocycles. The maximum absolute atomic E-state index is 12.9. The van der Waals surface area contributed by atoms with Crippen molar-refractivity contribution in [2.75, 3.05) is 0 Å². The van der Waals surface area contributed by atoms with Gasteiger partial charge in [0.2, 0.25) is 0 Å². The molecular weight excluding hydrogens is 227 g/mol. The summed E-state index contributed by atoms with van der Waals surface area (Å²) in [5, 5.41) is 0.482. The molecule has 1 atom stereocenters. The van der Waals surface area contributed by atoms with Crippen LogP contribution in [0.1, 0.15) is 24.8 Å². The van der Waals surface area contributed by atoms with Crippen molar-refractivity contribution in [3.63, 3.8) is 0 Å². The van der Waals surface area contributed by atoms with Gasteiger partial charge in [0.05, 0.1) is 0 Å². The molecule has 88 valence electrons. The van der Waals surface area contributed by atoms with Gasteiger partial charge < -0.3 is 0 Å². The fraction of sp³-hybridized carbons (Fsp3) is 0.500. The Kier molecular flexibility index (Phi) is 3.79. The lowest BCUT2D eigenvalue weighted by Gasteiger charge is -2.16. The van der Waals surface area contributed by atoms with E-state index in [-0.39, 0.29) is 11.9 Å². The molecule has 1 unspecified atom stereocenters. The van der Waals surface area contributed by atoms with Crippen LogP contribution in [-0.2, 0) is 6.42 Å². The smallest absolute Gasteiger partial charge is 0.124 e. The summed E-state index contributed by atoms with van der Waals surface area (Å²) in [6, 6.07) is 4.75. The Labute approximate surface area is 99.9 Å². The van der Waals surface area contributed by atoms with E-state index in [4.69, 9.17) is 17.4 Å². The lowest BCUT2D eigenvalue weighted by atomic mass is 10.0. The second-order valence-corrected chi connectivity index (χ2v) is 4.89. The minimum atomic E-state index is -0.298. The highest BCUT2D eigenvalue weighted by molar-refractivity contribution is 6.31. The fourth-order valence-electron chi connectivity index (χ4n) is 1.92. The molecule has 0 bridgehead atoms. The summed E-state index contributed by atoms with van der Waals surface area (Å²) in [6.45, 7) is 0. The molecule has 0 spiro atoms. The molecule has 4 heteroatoms. The zero-order valence-corrected chi connectivity index (χ0v) is 9.80. The lowest BCUT2D eigenvalue weighted by Crippen LogP contribution is -2.37. The van der Waals surface area contributed by atoms with Crippen molar-refractivity contribution < 1.29 is 4.39 Å². The van der Waals surface area contributed by atoms with E-state index in [0.717, 1.165) is 24.3 Å². The summed E-state index contributed by atoms with van der Waals surface area (Å²) >= 11 is 5.97. The Morgan fingerprint density at radius 1 is 1.50 bits per heavy atom. The molecule has 1 fully saturated rings. The van der Waals surface area contributed by atoms with Crippen LogP contribution in [0.25, 0.3) is 0 Å². The van der Waals surface area contributed by atoms with E-state index in [0.29, 0.717) is 5.02 Å². The molecule has 2 rings (SSSR count). The van der Waals surface area contributed by atoms with E-state index in [2.05, 4.69) is 5.43 Å². The molecule has 2 nitrogen and oxygen atoms in total. The van der Waals surface area contributed by atoms with Gasteiger partial charge in [-0.05, 0) is 36.5 Å². The average Bonchev–Trinajstić information content (AvgIpc) is 3.04. The summed E-state index contributed by atoms with van der Waals surface area (Å²) in [4.78, 5) is 0. The number of nitrogens with one attached hydrogen (secondary N) is 1. The third-order valence-corrected chi connectivity index (χ3v) is 3.38. The minimum absolute atomic E-state index is 0.232. The van der Waals surface area contributed by atoms with Crippen LogP contribution in [0.4, 0.5) is 4.39 Å². The Balaban J connectivity index is 1.99. The summed E-state index contributed by atoms with van der Waals surface area (Å²) in [6.07, 6.45) is 4.43. The molecule has 3 N–H and O–H groups in total. The second kappa shape index (κ2) is 5.13. The van der Waals surface area contributed by atoms with Crippen LogP contribution >= 0.6 is 11.6 Å². The number of halogens is 2. The van der Waals surface area contributed by atoms with E-state index in [1.54, 1.807) is 6.07 Å². The van der Waals surface area contributed by atoms with Crippen molar-refractivity contribution in [3.05, 3.63) is 34.6 Å². The van der Waals surface area contributed by atoms with Crippen molar-refractivity contribution >= 4 is 11.6 Å². The van der Waals surface area contributed by atoms with Gasteiger partial charge in [0, 0.05) is 11.1 Å². The highest BCUT2D eigenvalue weighted by Gasteiger charge is 2.25. The van der Waals surface area contributed by atoms with E-state index in [1.807, 2.05) is 0 Å². The molecule has 0 aliphatic heterocycles. The van der Waals surface area contributed by atoms with Crippen molar-refractivity contribution in [2.24, 2.45) is 11.8 Å². The van der Waals surface area contributed by atoms with Crippen molar-refractivity contribution in [1.82, 2.24) is 5.43 Å². The number of rotatable bonds is 5. The second-order valence-electron chi connectivity index (χ2n) is 4.48. The Bertz CT molecular complexity index is 366. The first-order chi connectivity index (χ1) is 7.69. The zero-order valence-electron chi connectivity index (χ0n) is 9.05. The predicted octanol–water partition coefficient (Wildman–Crippen LogP) is 2.65. The molecule has 1 aromatic carbocycles. The number of benzene rings is 1. The van der Waals surface area contributed by atoms with Gasteiger partial charge in [-0.25, -0.2) is 4.39 Å². The van der Waals surface area contributed by atoms with Gasteiger partial charge in [0.25, 0.3) is 0 Å². The molecule has 0 amide bonds. The zero-order chi connectivity index (χ0) is 11.5. The quantitative estimate of drug-likeness (QED) is 0.615. The number of hydrogen-bond acceptors (Lipinski definition) is 2. The lowest BCUT2D eigenvalue weighted by molar-refractivity contribution is 0.465. The summed E-state index contributed by atoms with van der Waals surface area (Å²) in [7, 11) is 0. The van der Waals surface area contributed by atoms with Gasteiger partial charge in [-0.2, -0.15) is 0 Å². The topological polar surface area (TPSA) is 38.0 Å². The first kappa shape index (κ1) is 11.8. The van der Waals surface area contributed by atoms with Gasteiger partial charge in [0.1, 0.15) is 5.82 Å². The molecule has 1 saturated carbocycles. The van der Waals surface area contributed by atoms with Crippen LogP contribution in [0.15, 0.2) is 18.2 Å². The normalized spacial score (nSPS) is 17.4. The van der Waals surface area contributed by atoms with Crippen molar-refractivity contribution in [3.8, 4) is 0 Å². The standard InChI is InChI=1S/C12H16ClFN2/c13-12-7-10(14)4-3-9(12)6-11(16-15)5-8-1-2-8/h3-4,7-8,11,16H,1-2,5-6,15H2.